The summed E-state index contributed by atoms with van der Waals surface area (Å²) < 4.78 is 4.60. The number of Topliss-reactive ketones (excluding diaryl/α,β-unsaturated/α-hetero) is 1. The van der Waals surface area contributed by atoms with E-state index in [0.29, 0.717) is 12.8 Å². The van der Waals surface area contributed by atoms with Gasteiger partial charge in [0.1, 0.15) is 0 Å². The van der Waals surface area contributed by atoms with Crippen LogP contribution in [0.2, 0.25) is 0 Å². The quantitative estimate of drug-likeness (QED) is 0.625. The number of carboxylic acids is 1. The second kappa shape index (κ2) is 8.06. The summed E-state index contributed by atoms with van der Waals surface area (Å²) in [5, 5.41) is 9.15. The molecular formula is C19H18O5. The lowest BCUT2D eigenvalue weighted by atomic mass is 9.97. The van der Waals surface area contributed by atoms with Crippen molar-refractivity contribution in [1.82, 2.24) is 0 Å². The number of ketones is 1. The number of hydrogen-bond donors (Lipinski definition) is 1. The highest BCUT2D eigenvalue weighted by molar-refractivity contribution is 6.06. The van der Waals surface area contributed by atoms with Crippen molar-refractivity contribution in [3.8, 4) is 0 Å². The minimum atomic E-state index is -1.11. The molecule has 0 aliphatic carbocycles. The molecule has 24 heavy (non-hydrogen) atoms. The van der Waals surface area contributed by atoms with E-state index in [1.54, 1.807) is 12.1 Å². The molecule has 0 atom stereocenters. The minimum absolute atomic E-state index is 0.0113. The van der Waals surface area contributed by atoms with Gasteiger partial charge >= 0.3 is 11.9 Å². The van der Waals surface area contributed by atoms with Crippen LogP contribution in [0.5, 0.6) is 0 Å². The molecule has 0 saturated heterocycles. The van der Waals surface area contributed by atoms with E-state index >= 15 is 0 Å². The fourth-order valence-corrected chi connectivity index (χ4v) is 2.37. The largest absolute Gasteiger partial charge is 0.478 e. The highest BCUT2D eigenvalue weighted by Crippen LogP contribution is 2.14. The number of aryl methyl sites for hydroxylation is 1. The molecule has 1 N–H and O–H groups in total. The van der Waals surface area contributed by atoms with Crippen molar-refractivity contribution in [3.63, 3.8) is 0 Å². The lowest BCUT2D eigenvalue weighted by Crippen LogP contribution is -2.10. The maximum Gasteiger partial charge on any atom is 0.336 e. The number of hydrogen-bond acceptors (Lipinski definition) is 4. The van der Waals surface area contributed by atoms with Crippen molar-refractivity contribution in [2.45, 2.75) is 19.3 Å². The number of rotatable bonds is 7. The molecule has 2 aromatic carbocycles. The van der Waals surface area contributed by atoms with Crippen LogP contribution in [-0.4, -0.2) is 29.9 Å². The third-order valence-electron chi connectivity index (χ3n) is 3.69. The van der Waals surface area contributed by atoms with E-state index in [0.717, 1.165) is 11.1 Å². The van der Waals surface area contributed by atoms with Crippen molar-refractivity contribution in [2.75, 3.05) is 7.11 Å². The number of esters is 1. The fourth-order valence-electron chi connectivity index (χ4n) is 2.37. The average molecular weight is 326 g/mol. The summed E-state index contributed by atoms with van der Waals surface area (Å²) in [6, 6.07) is 13.5. The van der Waals surface area contributed by atoms with Gasteiger partial charge in [0, 0.05) is 18.4 Å². The van der Waals surface area contributed by atoms with Gasteiger partial charge in [-0.25, -0.2) is 4.79 Å². The monoisotopic (exact) mass is 326 g/mol. The molecule has 2 rings (SSSR count). The Bertz CT molecular complexity index is 747. The number of aromatic carboxylic acids is 1. The molecule has 0 unspecified atom stereocenters. The molecule has 2 aromatic rings. The van der Waals surface area contributed by atoms with Crippen LogP contribution < -0.4 is 0 Å². The molecule has 5 nitrogen and oxygen atoms in total. The average Bonchev–Trinajstić information content (AvgIpc) is 2.60. The van der Waals surface area contributed by atoms with Crippen LogP contribution in [-0.2, 0) is 22.4 Å². The number of methoxy groups -OCH3 is 1. The van der Waals surface area contributed by atoms with Gasteiger partial charge in [0.25, 0.3) is 0 Å². The molecule has 0 saturated carbocycles. The zero-order valence-electron chi connectivity index (χ0n) is 13.3. The van der Waals surface area contributed by atoms with E-state index in [4.69, 9.17) is 5.11 Å². The van der Waals surface area contributed by atoms with Gasteiger partial charge in [0.05, 0.1) is 12.7 Å². The maximum atomic E-state index is 12.4. The highest BCUT2D eigenvalue weighted by Gasteiger charge is 2.16. The van der Waals surface area contributed by atoms with Crippen molar-refractivity contribution in [3.05, 3.63) is 70.8 Å². The molecule has 0 fully saturated rings. The fraction of sp³-hybridized carbons (Fsp3) is 0.211. The Labute approximate surface area is 139 Å². The van der Waals surface area contributed by atoms with E-state index in [2.05, 4.69) is 4.74 Å². The standard InChI is InChI=1S/C19H18O5/c1-24-18(21)11-10-13-6-8-14(9-7-13)12-17(20)15-4-2-3-5-16(15)19(22)23/h2-9H,10-12H2,1H3,(H,22,23). The van der Waals surface area contributed by atoms with Gasteiger partial charge in [0.15, 0.2) is 5.78 Å². The third kappa shape index (κ3) is 4.52. The Morgan fingerprint density at radius 1 is 0.917 bits per heavy atom. The third-order valence-corrected chi connectivity index (χ3v) is 3.69. The second-order valence-corrected chi connectivity index (χ2v) is 5.34. The van der Waals surface area contributed by atoms with Gasteiger partial charge < -0.3 is 9.84 Å². The van der Waals surface area contributed by atoms with Crippen LogP contribution in [0.3, 0.4) is 0 Å². The molecule has 0 aliphatic rings. The van der Waals surface area contributed by atoms with Gasteiger partial charge in [-0.05, 0) is 23.6 Å². The zero-order valence-corrected chi connectivity index (χ0v) is 13.3. The van der Waals surface area contributed by atoms with Crippen LogP contribution in [0.1, 0.15) is 38.3 Å². The molecule has 0 bridgehead atoms. The number of carbonyl (C=O) groups excluding carboxylic acids is 2. The summed E-state index contributed by atoms with van der Waals surface area (Å²) in [6.07, 6.45) is 1.01. The molecule has 0 aliphatic heterocycles. The lowest BCUT2D eigenvalue weighted by Gasteiger charge is -2.06. The van der Waals surface area contributed by atoms with Gasteiger partial charge in [-0.1, -0.05) is 42.5 Å². The molecule has 5 heteroatoms. The smallest absolute Gasteiger partial charge is 0.336 e. The Morgan fingerprint density at radius 3 is 2.08 bits per heavy atom. The highest BCUT2D eigenvalue weighted by atomic mass is 16.5. The van der Waals surface area contributed by atoms with E-state index in [-0.39, 0.29) is 29.3 Å². The van der Waals surface area contributed by atoms with Crippen LogP contribution >= 0.6 is 0 Å². The Hall–Kier alpha value is -2.95. The molecule has 0 spiro atoms. The van der Waals surface area contributed by atoms with E-state index in [9.17, 15) is 14.4 Å². The minimum Gasteiger partial charge on any atom is -0.478 e. The topological polar surface area (TPSA) is 80.7 Å². The summed E-state index contributed by atoms with van der Waals surface area (Å²) in [5.41, 5.74) is 1.99. The first-order chi connectivity index (χ1) is 11.5. The van der Waals surface area contributed by atoms with Gasteiger partial charge in [-0.3, -0.25) is 9.59 Å². The van der Waals surface area contributed by atoms with Crippen molar-refractivity contribution in [2.24, 2.45) is 0 Å². The normalized spacial score (nSPS) is 10.2. The summed E-state index contributed by atoms with van der Waals surface area (Å²) in [4.78, 5) is 34.7. The number of ether oxygens (including phenoxy) is 1. The van der Waals surface area contributed by atoms with Crippen LogP contribution in [0.15, 0.2) is 48.5 Å². The van der Waals surface area contributed by atoms with E-state index in [1.165, 1.54) is 19.2 Å². The van der Waals surface area contributed by atoms with Crippen molar-refractivity contribution < 1.29 is 24.2 Å². The summed E-state index contributed by atoms with van der Waals surface area (Å²) in [5.74, 6) is -1.62. The molecular weight excluding hydrogens is 308 g/mol. The van der Waals surface area contributed by atoms with Gasteiger partial charge in [-0.15, -0.1) is 0 Å². The molecule has 0 amide bonds. The Balaban J connectivity index is 2.05. The second-order valence-electron chi connectivity index (χ2n) is 5.34. The Morgan fingerprint density at radius 2 is 1.50 bits per heavy atom. The predicted molar refractivity (Wildman–Crippen MR) is 88.2 cm³/mol. The summed E-state index contributed by atoms with van der Waals surface area (Å²) in [6.45, 7) is 0. The SMILES string of the molecule is COC(=O)CCc1ccc(CC(=O)c2ccccc2C(=O)O)cc1. The van der Waals surface area contributed by atoms with Crippen molar-refractivity contribution >= 4 is 17.7 Å². The number of carboxylic acid groups (broad SMARTS) is 1. The number of benzene rings is 2. The zero-order chi connectivity index (χ0) is 17.5. The molecule has 0 radical (unpaired) electrons. The maximum absolute atomic E-state index is 12.4. The summed E-state index contributed by atoms with van der Waals surface area (Å²) >= 11 is 0. The first kappa shape index (κ1) is 17.4. The molecule has 0 heterocycles. The predicted octanol–water partition coefficient (Wildman–Crippen LogP) is 2.92. The van der Waals surface area contributed by atoms with Crippen LogP contribution in [0.25, 0.3) is 0 Å². The van der Waals surface area contributed by atoms with E-state index < -0.39 is 5.97 Å². The van der Waals surface area contributed by atoms with Gasteiger partial charge in [-0.2, -0.15) is 0 Å². The van der Waals surface area contributed by atoms with E-state index in [1.807, 2.05) is 24.3 Å². The first-order valence-corrected chi connectivity index (χ1v) is 7.51. The van der Waals surface area contributed by atoms with Crippen LogP contribution in [0, 0.1) is 0 Å². The lowest BCUT2D eigenvalue weighted by molar-refractivity contribution is -0.140. The first-order valence-electron chi connectivity index (χ1n) is 7.51. The van der Waals surface area contributed by atoms with Gasteiger partial charge in [0.2, 0.25) is 0 Å². The molecule has 0 aromatic heterocycles. The molecule has 124 valence electrons. The van der Waals surface area contributed by atoms with Crippen molar-refractivity contribution in [1.29, 1.82) is 0 Å². The number of carbonyl (C=O) groups is 3. The summed E-state index contributed by atoms with van der Waals surface area (Å²) in [7, 11) is 1.35. The van der Waals surface area contributed by atoms with Crippen LogP contribution in [0.4, 0.5) is 0 Å². The Kier molecular flexibility index (Phi) is 5.84.